The van der Waals surface area contributed by atoms with Crippen molar-refractivity contribution in [1.29, 1.82) is 0 Å². The Kier molecular flexibility index (Phi) is 6.33. The zero-order valence-corrected chi connectivity index (χ0v) is 14.1. The van der Waals surface area contributed by atoms with Crippen LogP contribution in [-0.4, -0.2) is 43.4 Å². The zero-order chi connectivity index (χ0) is 16.7. The van der Waals surface area contributed by atoms with Crippen LogP contribution < -0.4 is 0 Å². The van der Waals surface area contributed by atoms with Crippen molar-refractivity contribution in [2.45, 2.75) is 24.4 Å². The Morgan fingerprint density at radius 1 is 1.00 bits per heavy atom. The summed E-state index contributed by atoms with van der Waals surface area (Å²) in [6.45, 7) is 2.90. The summed E-state index contributed by atoms with van der Waals surface area (Å²) in [4.78, 5) is 2.34. The minimum atomic E-state index is -3.31. The van der Waals surface area contributed by atoms with Gasteiger partial charge in [0.15, 0.2) is 9.84 Å². The van der Waals surface area contributed by atoms with Gasteiger partial charge in [-0.3, -0.25) is 4.90 Å². The van der Waals surface area contributed by atoms with Crippen molar-refractivity contribution < 1.29 is 13.5 Å². The van der Waals surface area contributed by atoms with E-state index in [-0.39, 0.29) is 18.4 Å². The molecule has 23 heavy (non-hydrogen) atoms. The number of hydrogen-bond acceptors (Lipinski definition) is 4. The van der Waals surface area contributed by atoms with E-state index in [2.05, 4.69) is 0 Å². The molecule has 5 heteroatoms. The lowest BCUT2D eigenvalue weighted by molar-refractivity contribution is 0.134. The van der Waals surface area contributed by atoms with Gasteiger partial charge in [0, 0.05) is 19.1 Å². The van der Waals surface area contributed by atoms with Crippen molar-refractivity contribution in [2.24, 2.45) is 0 Å². The average Bonchev–Trinajstić information content (AvgIpc) is 2.59. The normalized spacial score (nSPS) is 13.2. The molecule has 0 spiro atoms. The molecule has 0 aliphatic heterocycles. The van der Waals surface area contributed by atoms with Crippen molar-refractivity contribution in [2.75, 3.05) is 18.9 Å². The monoisotopic (exact) mass is 333 g/mol. The van der Waals surface area contributed by atoms with E-state index in [1.165, 1.54) is 0 Å². The summed E-state index contributed by atoms with van der Waals surface area (Å²) in [5.74, 6) is 0.0359. The molecular formula is C18H23NO3S. The van der Waals surface area contributed by atoms with Crippen LogP contribution in [0.25, 0.3) is 0 Å². The van der Waals surface area contributed by atoms with Crippen molar-refractivity contribution in [3.05, 3.63) is 66.2 Å². The smallest absolute Gasteiger partial charge is 0.179 e. The van der Waals surface area contributed by atoms with Gasteiger partial charge in [0.05, 0.1) is 17.3 Å². The molecule has 2 rings (SSSR count). The van der Waals surface area contributed by atoms with Crippen LogP contribution in [0.15, 0.2) is 65.6 Å². The third-order valence-electron chi connectivity index (χ3n) is 3.87. The molecule has 0 heterocycles. The summed E-state index contributed by atoms with van der Waals surface area (Å²) in [5, 5.41) is 9.44. The molecule has 2 aromatic carbocycles. The Labute approximate surface area is 138 Å². The van der Waals surface area contributed by atoms with Crippen molar-refractivity contribution in [3.63, 3.8) is 0 Å². The second-order valence-corrected chi connectivity index (χ2v) is 7.73. The molecule has 1 N–H and O–H groups in total. The SMILES string of the molecule is CC(CO)N(CCS(=O)(=O)c1ccccc1)Cc1ccccc1. The second kappa shape index (κ2) is 8.24. The predicted octanol–water partition coefficient (Wildman–Crippen LogP) is 2.34. The highest BCUT2D eigenvalue weighted by atomic mass is 32.2. The Balaban J connectivity index is 2.06. The van der Waals surface area contributed by atoms with Gasteiger partial charge in [0.25, 0.3) is 0 Å². The molecule has 1 unspecified atom stereocenters. The highest BCUT2D eigenvalue weighted by Gasteiger charge is 2.19. The lowest BCUT2D eigenvalue weighted by Crippen LogP contribution is -2.38. The lowest BCUT2D eigenvalue weighted by atomic mass is 10.2. The third-order valence-corrected chi connectivity index (χ3v) is 5.58. The van der Waals surface area contributed by atoms with Gasteiger partial charge in [-0.15, -0.1) is 0 Å². The van der Waals surface area contributed by atoms with Gasteiger partial charge in [-0.25, -0.2) is 8.42 Å². The quantitative estimate of drug-likeness (QED) is 0.806. The molecule has 2 aromatic rings. The number of hydrogen-bond donors (Lipinski definition) is 1. The number of benzene rings is 2. The first-order valence-electron chi connectivity index (χ1n) is 7.69. The van der Waals surface area contributed by atoms with Gasteiger partial charge >= 0.3 is 0 Å². The van der Waals surface area contributed by atoms with Crippen LogP contribution in [0.1, 0.15) is 12.5 Å². The summed E-state index contributed by atoms with van der Waals surface area (Å²) in [6.07, 6.45) is 0. The Bertz CT molecular complexity index is 687. The summed E-state index contributed by atoms with van der Waals surface area (Å²) in [6, 6.07) is 18.3. The molecule has 0 fully saturated rings. The highest BCUT2D eigenvalue weighted by Crippen LogP contribution is 2.13. The zero-order valence-electron chi connectivity index (χ0n) is 13.3. The first-order valence-corrected chi connectivity index (χ1v) is 9.35. The minimum absolute atomic E-state index is 0.00177. The van der Waals surface area contributed by atoms with Gasteiger partial charge in [-0.05, 0) is 24.6 Å². The fourth-order valence-corrected chi connectivity index (χ4v) is 3.65. The third kappa shape index (κ3) is 5.16. The number of nitrogens with zero attached hydrogens (tertiary/aromatic N) is 1. The minimum Gasteiger partial charge on any atom is -0.395 e. The van der Waals surface area contributed by atoms with E-state index in [1.54, 1.807) is 30.3 Å². The summed E-state index contributed by atoms with van der Waals surface area (Å²) in [5.41, 5.74) is 1.10. The lowest BCUT2D eigenvalue weighted by Gasteiger charge is -2.27. The summed E-state index contributed by atoms with van der Waals surface area (Å²) in [7, 11) is -3.31. The van der Waals surface area contributed by atoms with Crippen LogP contribution in [0.2, 0.25) is 0 Å². The van der Waals surface area contributed by atoms with E-state index in [0.717, 1.165) is 5.56 Å². The number of aliphatic hydroxyl groups excluding tert-OH is 1. The molecule has 124 valence electrons. The average molecular weight is 333 g/mol. The van der Waals surface area contributed by atoms with Crippen molar-refractivity contribution >= 4 is 9.84 Å². The van der Waals surface area contributed by atoms with Gasteiger partial charge in [-0.1, -0.05) is 48.5 Å². The number of sulfone groups is 1. The van der Waals surface area contributed by atoms with Gasteiger partial charge < -0.3 is 5.11 Å². The second-order valence-electron chi connectivity index (χ2n) is 5.62. The van der Waals surface area contributed by atoms with Gasteiger partial charge in [-0.2, -0.15) is 0 Å². The first-order chi connectivity index (χ1) is 11.0. The van der Waals surface area contributed by atoms with Gasteiger partial charge in [0.1, 0.15) is 0 Å². The molecule has 0 amide bonds. The molecule has 4 nitrogen and oxygen atoms in total. The van der Waals surface area contributed by atoms with Crippen LogP contribution in [-0.2, 0) is 16.4 Å². The van der Waals surface area contributed by atoms with E-state index < -0.39 is 9.84 Å². The van der Waals surface area contributed by atoms with Crippen LogP contribution in [0.4, 0.5) is 0 Å². The van der Waals surface area contributed by atoms with Crippen LogP contribution >= 0.6 is 0 Å². The van der Waals surface area contributed by atoms with E-state index >= 15 is 0 Å². The molecule has 0 aliphatic carbocycles. The predicted molar refractivity (Wildman–Crippen MR) is 91.9 cm³/mol. The van der Waals surface area contributed by atoms with Gasteiger partial charge in [0.2, 0.25) is 0 Å². The molecule has 0 bridgehead atoms. The highest BCUT2D eigenvalue weighted by molar-refractivity contribution is 7.91. The maximum absolute atomic E-state index is 12.4. The molecule has 0 saturated heterocycles. The van der Waals surface area contributed by atoms with Crippen molar-refractivity contribution in [1.82, 2.24) is 4.90 Å². The Hall–Kier alpha value is -1.69. The standard InChI is InChI=1S/C18H23NO3S/c1-16(15-20)19(14-17-8-4-2-5-9-17)12-13-23(21,22)18-10-6-3-7-11-18/h2-11,16,20H,12-15H2,1H3. The van der Waals surface area contributed by atoms with E-state index in [0.29, 0.717) is 18.0 Å². The van der Waals surface area contributed by atoms with Crippen LogP contribution in [0, 0.1) is 0 Å². The Morgan fingerprint density at radius 3 is 2.13 bits per heavy atom. The maximum atomic E-state index is 12.4. The number of rotatable bonds is 8. The van der Waals surface area contributed by atoms with Crippen LogP contribution in [0.5, 0.6) is 0 Å². The van der Waals surface area contributed by atoms with Crippen molar-refractivity contribution in [3.8, 4) is 0 Å². The summed E-state index contributed by atoms with van der Waals surface area (Å²) < 4.78 is 24.8. The van der Waals surface area contributed by atoms with E-state index in [9.17, 15) is 13.5 Å². The first kappa shape index (κ1) is 17.7. The fourth-order valence-electron chi connectivity index (χ4n) is 2.37. The molecule has 0 aliphatic rings. The largest absolute Gasteiger partial charge is 0.395 e. The Morgan fingerprint density at radius 2 is 1.57 bits per heavy atom. The summed E-state index contributed by atoms with van der Waals surface area (Å²) >= 11 is 0. The topological polar surface area (TPSA) is 57.6 Å². The number of aliphatic hydroxyl groups is 1. The fraction of sp³-hybridized carbons (Fsp3) is 0.333. The van der Waals surface area contributed by atoms with E-state index in [4.69, 9.17) is 0 Å². The molecule has 0 saturated carbocycles. The molecular weight excluding hydrogens is 310 g/mol. The van der Waals surface area contributed by atoms with Crippen LogP contribution in [0.3, 0.4) is 0 Å². The molecule has 0 radical (unpaired) electrons. The van der Waals surface area contributed by atoms with E-state index in [1.807, 2.05) is 42.2 Å². The molecule has 1 atom stereocenters. The maximum Gasteiger partial charge on any atom is 0.179 e. The molecule has 0 aromatic heterocycles.